The maximum atomic E-state index is 12.8. The van der Waals surface area contributed by atoms with Crippen molar-refractivity contribution in [1.29, 1.82) is 0 Å². The Morgan fingerprint density at radius 3 is 2.43 bits per heavy atom. The van der Waals surface area contributed by atoms with Crippen LogP contribution in [0.4, 0.5) is 0 Å². The van der Waals surface area contributed by atoms with Gasteiger partial charge in [0.1, 0.15) is 0 Å². The minimum Gasteiger partial charge on any atom is -0.436 e. The molecule has 1 amide bonds. The fourth-order valence-corrected chi connectivity index (χ4v) is 3.55. The summed E-state index contributed by atoms with van der Waals surface area (Å²) in [7, 11) is 0. The van der Waals surface area contributed by atoms with E-state index in [1.54, 1.807) is 54.7 Å². The van der Waals surface area contributed by atoms with Crippen molar-refractivity contribution in [3.63, 3.8) is 0 Å². The van der Waals surface area contributed by atoms with Crippen molar-refractivity contribution >= 4 is 40.7 Å². The number of hydrogen-bond donors (Lipinski definition) is 1. The van der Waals surface area contributed by atoms with Crippen LogP contribution in [0.2, 0.25) is 15.1 Å². The molecular weight excluding hydrogens is 443 g/mol. The summed E-state index contributed by atoms with van der Waals surface area (Å²) in [6.45, 7) is 0.269. The Kier molecular flexibility index (Phi) is 6.09. The molecule has 0 aliphatic carbocycles. The maximum absolute atomic E-state index is 12.8. The van der Waals surface area contributed by atoms with Gasteiger partial charge in [0.2, 0.25) is 5.89 Å². The number of hydrogen-bond acceptors (Lipinski definition) is 3. The monoisotopic (exact) mass is 456 g/mol. The standard InChI is InChI=1S/C23H15Cl3N2O2/c24-16-8-5-14(6-9-16)21-13-28-23(30-21)19-4-2-1-3-18(19)22(29)27-12-15-7-10-17(25)11-20(15)26/h1-11,13H,12H2,(H,27,29). The van der Waals surface area contributed by atoms with Gasteiger partial charge in [-0.1, -0.05) is 53.0 Å². The highest BCUT2D eigenvalue weighted by molar-refractivity contribution is 6.35. The van der Waals surface area contributed by atoms with Gasteiger partial charge in [-0.15, -0.1) is 0 Å². The van der Waals surface area contributed by atoms with E-state index in [-0.39, 0.29) is 12.5 Å². The zero-order valence-corrected chi connectivity index (χ0v) is 17.8. The van der Waals surface area contributed by atoms with Gasteiger partial charge in [-0.25, -0.2) is 4.98 Å². The number of carbonyl (C=O) groups is 1. The number of carbonyl (C=O) groups excluding carboxylic acids is 1. The summed E-state index contributed by atoms with van der Waals surface area (Å²) in [4.78, 5) is 17.2. The number of nitrogens with one attached hydrogen (secondary N) is 1. The lowest BCUT2D eigenvalue weighted by molar-refractivity contribution is 0.0951. The molecule has 0 saturated carbocycles. The Morgan fingerprint density at radius 1 is 0.933 bits per heavy atom. The highest BCUT2D eigenvalue weighted by Crippen LogP contribution is 2.29. The van der Waals surface area contributed by atoms with Crippen molar-refractivity contribution in [3.05, 3.63) is 99.1 Å². The fraction of sp³-hybridized carbons (Fsp3) is 0.0435. The molecule has 150 valence electrons. The summed E-state index contributed by atoms with van der Waals surface area (Å²) in [6.07, 6.45) is 1.63. The van der Waals surface area contributed by atoms with Crippen LogP contribution in [0.25, 0.3) is 22.8 Å². The normalized spacial score (nSPS) is 10.8. The molecule has 0 unspecified atom stereocenters. The van der Waals surface area contributed by atoms with Crippen molar-refractivity contribution in [2.24, 2.45) is 0 Å². The van der Waals surface area contributed by atoms with Gasteiger partial charge in [0, 0.05) is 32.7 Å². The van der Waals surface area contributed by atoms with Crippen LogP contribution in [0.1, 0.15) is 15.9 Å². The number of rotatable bonds is 5. The third kappa shape index (κ3) is 4.51. The highest BCUT2D eigenvalue weighted by Gasteiger charge is 2.17. The van der Waals surface area contributed by atoms with Crippen molar-refractivity contribution in [3.8, 4) is 22.8 Å². The molecule has 1 aromatic heterocycles. The maximum Gasteiger partial charge on any atom is 0.252 e. The molecule has 0 aliphatic rings. The molecular formula is C23H15Cl3N2O2. The van der Waals surface area contributed by atoms with Gasteiger partial charge in [-0.3, -0.25) is 4.79 Å². The highest BCUT2D eigenvalue weighted by atomic mass is 35.5. The third-order valence-corrected chi connectivity index (χ3v) is 5.33. The number of oxazole rings is 1. The average molecular weight is 458 g/mol. The molecule has 4 rings (SSSR count). The van der Waals surface area contributed by atoms with E-state index in [2.05, 4.69) is 10.3 Å². The molecule has 4 nitrogen and oxygen atoms in total. The molecule has 30 heavy (non-hydrogen) atoms. The smallest absolute Gasteiger partial charge is 0.252 e. The number of nitrogens with zero attached hydrogens (tertiary/aromatic N) is 1. The Labute approximate surface area is 188 Å². The van der Waals surface area contributed by atoms with Gasteiger partial charge in [0.15, 0.2) is 5.76 Å². The number of halogens is 3. The molecule has 4 aromatic rings. The third-order valence-electron chi connectivity index (χ3n) is 4.49. The van der Waals surface area contributed by atoms with E-state index in [1.807, 2.05) is 18.2 Å². The van der Waals surface area contributed by atoms with Crippen LogP contribution in [-0.2, 0) is 6.54 Å². The van der Waals surface area contributed by atoms with E-state index in [0.29, 0.717) is 37.8 Å². The second kappa shape index (κ2) is 8.92. The van der Waals surface area contributed by atoms with Crippen molar-refractivity contribution < 1.29 is 9.21 Å². The molecule has 0 saturated heterocycles. The number of amides is 1. The Bertz CT molecular complexity index is 1200. The first-order valence-corrected chi connectivity index (χ1v) is 10.2. The van der Waals surface area contributed by atoms with Crippen LogP contribution in [0, 0.1) is 0 Å². The van der Waals surface area contributed by atoms with Gasteiger partial charge in [-0.2, -0.15) is 0 Å². The summed E-state index contributed by atoms with van der Waals surface area (Å²) >= 11 is 18.1. The fourth-order valence-electron chi connectivity index (χ4n) is 2.95. The lowest BCUT2D eigenvalue weighted by Gasteiger charge is -2.09. The Hall–Kier alpha value is -2.79. The summed E-state index contributed by atoms with van der Waals surface area (Å²) in [5, 5.41) is 4.56. The van der Waals surface area contributed by atoms with Gasteiger partial charge in [0.25, 0.3) is 5.91 Å². The molecule has 0 radical (unpaired) electrons. The van der Waals surface area contributed by atoms with E-state index >= 15 is 0 Å². The second-order valence-corrected chi connectivity index (χ2v) is 7.78. The minimum atomic E-state index is -0.261. The van der Waals surface area contributed by atoms with Crippen LogP contribution >= 0.6 is 34.8 Å². The molecule has 7 heteroatoms. The quantitative estimate of drug-likeness (QED) is 0.355. The topological polar surface area (TPSA) is 55.1 Å². The van der Waals surface area contributed by atoms with Crippen LogP contribution in [0.3, 0.4) is 0 Å². The molecule has 0 fully saturated rings. The minimum absolute atomic E-state index is 0.261. The van der Waals surface area contributed by atoms with Gasteiger partial charge in [-0.05, 0) is 54.1 Å². The molecule has 1 heterocycles. The first kappa shape index (κ1) is 20.5. The summed E-state index contributed by atoms with van der Waals surface area (Å²) in [6, 6.07) is 19.5. The molecule has 0 atom stereocenters. The van der Waals surface area contributed by atoms with Gasteiger partial charge in [0.05, 0.1) is 11.8 Å². The summed E-state index contributed by atoms with van der Waals surface area (Å²) in [5.41, 5.74) is 2.66. The van der Waals surface area contributed by atoms with Crippen LogP contribution in [-0.4, -0.2) is 10.9 Å². The lowest BCUT2D eigenvalue weighted by Crippen LogP contribution is -2.23. The lowest BCUT2D eigenvalue weighted by atomic mass is 10.1. The molecule has 0 bridgehead atoms. The van der Waals surface area contributed by atoms with Crippen molar-refractivity contribution in [2.75, 3.05) is 0 Å². The number of aromatic nitrogens is 1. The molecule has 1 N–H and O–H groups in total. The summed E-state index contributed by atoms with van der Waals surface area (Å²) in [5.74, 6) is 0.683. The summed E-state index contributed by atoms with van der Waals surface area (Å²) < 4.78 is 5.91. The van der Waals surface area contributed by atoms with Crippen LogP contribution in [0.15, 0.2) is 77.3 Å². The van der Waals surface area contributed by atoms with Crippen molar-refractivity contribution in [1.82, 2.24) is 10.3 Å². The van der Waals surface area contributed by atoms with E-state index in [9.17, 15) is 4.79 Å². The van der Waals surface area contributed by atoms with E-state index in [1.165, 1.54) is 0 Å². The van der Waals surface area contributed by atoms with E-state index < -0.39 is 0 Å². The second-order valence-electron chi connectivity index (χ2n) is 6.50. The zero-order valence-electron chi connectivity index (χ0n) is 15.5. The van der Waals surface area contributed by atoms with E-state index in [4.69, 9.17) is 39.2 Å². The van der Waals surface area contributed by atoms with Crippen LogP contribution < -0.4 is 5.32 Å². The van der Waals surface area contributed by atoms with Crippen molar-refractivity contribution in [2.45, 2.75) is 6.54 Å². The number of benzene rings is 3. The first-order chi connectivity index (χ1) is 14.5. The molecule has 0 spiro atoms. The Balaban J connectivity index is 1.56. The molecule has 3 aromatic carbocycles. The average Bonchev–Trinajstić information content (AvgIpc) is 3.23. The van der Waals surface area contributed by atoms with Gasteiger partial charge >= 0.3 is 0 Å². The first-order valence-electron chi connectivity index (χ1n) is 9.04. The largest absolute Gasteiger partial charge is 0.436 e. The van der Waals surface area contributed by atoms with E-state index in [0.717, 1.165) is 11.1 Å². The zero-order chi connectivity index (χ0) is 21.1. The predicted molar refractivity (Wildman–Crippen MR) is 120 cm³/mol. The van der Waals surface area contributed by atoms with Gasteiger partial charge < -0.3 is 9.73 Å². The Morgan fingerprint density at radius 2 is 1.67 bits per heavy atom. The molecule has 0 aliphatic heterocycles. The van der Waals surface area contributed by atoms with Crippen LogP contribution in [0.5, 0.6) is 0 Å². The SMILES string of the molecule is O=C(NCc1ccc(Cl)cc1Cl)c1ccccc1-c1ncc(-c2ccc(Cl)cc2)o1. The predicted octanol–water partition coefficient (Wildman–Crippen LogP) is 6.90.